The summed E-state index contributed by atoms with van der Waals surface area (Å²) < 4.78 is 5.11. The van der Waals surface area contributed by atoms with Crippen LogP contribution in [-0.4, -0.2) is 18.0 Å². The summed E-state index contributed by atoms with van der Waals surface area (Å²) in [4.78, 5) is 17.7. The molecule has 0 unspecified atom stereocenters. The molecule has 3 aromatic rings. The maximum Gasteiger partial charge on any atom is 0.268 e. The Bertz CT molecular complexity index is 1030. The Hall–Kier alpha value is -3.43. The average Bonchev–Trinajstić information content (AvgIpc) is 3.15. The number of amides is 1. The molecule has 0 atom stereocenters. The molecule has 28 heavy (non-hydrogen) atoms. The average molecular weight is 389 g/mol. The lowest BCUT2D eigenvalue weighted by Gasteiger charge is -2.02. The van der Waals surface area contributed by atoms with Crippen LogP contribution in [0.1, 0.15) is 21.6 Å². The Kier molecular flexibility index (Phi) is 6.20. The molecule has 5 nitrogen and oxygen atoms in total. The number of hydrogen-bond acceptors (Lipinski definition) is 5. The number of aryl methyl sites for hydroxylation is 1. The minimum atomic E-state index is -0.477. The van der Waals surface area contributed by atoms with Crippen molar-refractivity contribution in [2.45, 2.75) is 13.3 Å². The van der Waals surface area contributed by atoms with Gasteiger partial charge in [0.25, 0.3) is 5.91 Å². The standard InChI is InChI=1S/C22H19N3O2S/c1-15-3-5-17(6-4-15)12-20-14-24-22(28-20)25-21(26)18(13-23)11-16-7-9-19(27-2)10-8-16/h3-11,14H,12H2,1-2H3,(H,24,25,26)/b18-11+. The molecule has 0 saturated heterocycles. The Morgan fingerprint density at radius 3 is 2.57 bits per heavy atom. The molecular weight excluding hydrogens is 370 g/mol. The van der Waals surface area contributed by atoms with Crippen molar-refractivity contribution >= 4 is 28.5 Å². The number of methoxy groups -OCH3 is 1. The number of nitrogens with one attached hydrogen (secondary N) is 1. The van der Waals surface area contributed by atoms with Crippen LogP contribution >= 0.6 is 11.3 Å². The Balaban J connectivity index is 1.67. The highest BCUT2D eigenvalue weighted by atomic mass is 32.1. The zero-order chi connectivity index (χ0) is 19.9. The highest BCUT2D eigenvalue weighted by molar-refractivity contribution is 7.15. The molecule has 0 bridgehead atoms. The van der Waals surface area contributed by atoms with Crippen LogP contribution < -0.4 is 10.1 Å². The van der Waals surface area contributed by atoms with Gasteiger partial charge in [-0.1, -0.05) is 42.0 Å². The maximum atomic E-state index is 12.4. The number of nitriles is 1. The first kappa shape index (κ1) is 19.3. The second-order valence-corrected chi connectivity index (χ2v) is 7.31. The highest BCUT2D eigenvalue weighted by Crippen LogP contribution is 2.22. The number of carbonyl (C=O) groups is 1. The van der Waals surface area contributed by atoms with Crippen molar-refractivity contribution in [3.05, 3.63) is 81.9 Å². The van der Waals surface area contributed by atoms with Crippen LogP contribution in [0.5, 0.6) is 5.75 Å². The lowest BCUT2D eigenvalue weighted by atomic mass is 10.1. The molecule has 0 spiro atoms. The van der Waals surface area contributed by atoms with Crippen LogP contribution in [0.25, 0.3) is 6.08 Å². The van der Waals surface area contributed by atoms with Crippen LogP contribution in [0.3, 0.4) is 0 Å². The number of thiazole rings is 1. The zero-order valence-electron chi connectivity index (χ0n) is 15.6. The molecule has 1 heterocycles. The van der Waals surface area contributed by atoms with Crippen molar-refractivity contribution in [2.24, 2.45) is 0 Å². The molecule has 3 rings (SSSR count). The van der Waals surface area contributed by atoms with Gasteiger partial charge in [-0.3, -0.25) is 10.1 Å². The van der Waals surface area contributed by atoms with E-state index in [1.165, 1.54) is 28.5 Å². The van der Waals surface area contributed by atoms with E-state index in [-0.39, 0.29) is 5.57 Å². The van der Waals surface area contributed by atoms with Gasteiger partial charge in [-0.05, 0) is 36.3 Å². The second kappa shape index (κ2) is 8.98. The third-order valence-corrected chi connectivity index (χ3v) is 4.98. The van der Waals surface area contributed by atoms with E-state index in [9.17, 15) is 10.1 Å². The largest absolute Gasteiger partial charge is 0.497 e. The fraction of sp³-hybridized carbons (Fsp3) is 0.136. The summed E-state index contributed by atoms with van der Waals surface area (Å²) >= 11 is 1.40. The number of nitrogens with zero attached hydrogens (tertiary/aromatic N) is 2. The first-order valence-corrected chi connectivity index (χ1v) is 9.46. The molecule has 0 aliphatic heterocycles. The zero-order valence-corrected chi connectivity index (χ0v) is 16.4. The fourth-order valence-electron chi connectivity index (χ4n) is 2.53. The summed E-state index contributed by atoms with van der Waals surface area (Å²) in [6, 6.07) is 17.4. The minimum absolute atomic E-state index is 0.0143. The van der Waals surface area contributed by atoms with E-state index >= 15 is 0 Å². The van der Waals surface area contributed by atoms with Crippen molar-refractivity contribution in [3.8, 4) is 11.8 Å². The topological polar surface area (TPSA) is 75.0 Å². The molecule has 140 valence electrons. The highest BCUT2D eigenvalue weighted by Gasteiger charge is 2.12. The molecule has 0 aliphatic rings. The Labute approximate surface area is 167 Å². The van der Waals surface area contributed by atoms with E-state index in [1.54, 1.807) is 37.6 Å². The number of hydrogen-bond donors (Lipinski definition) is 1. The van der Waals surface area contributed by atoms with Gasteiger partial charge in [0.2, 0.25) is 0 Å². The smallest absolute Gasteiger partial charge is 0.268 e. The lowest BCUT2D eigenvalue weighted by molar-refractivity contribution is -0.112. The van der Waals surface area contributed by atoms with Crippen LogP contribution in [0.2, 0.25) is 0 Å². The first-order chi connectivity index (χ1) is 13.6. The number of aromatic nitrogens is 1. The predicted molar refractivity (Wildman–Crippen MR) is 111 cm³/mol. The molecule has 1 aromatic heterocycles. The van der Waals surface area contributed by atoms with Gasteiger partial charge in [-0.25, -0.2) is 4.98 Å². The Morgan fingerprint density at radius 1 is 1.21 bits per heavy atom. The van der Waals surface area contributed by atoms with Crippen molar-refractivity contribution < 1.29 is 9.53 Å². The van der Waals surface area contributed by atoms with E-state index in [0.29, 0.717) is 10.9 Å². The van der Waals surface area contributed by atoms with Gasteiger partial charge in [0.15, 0.2) is 5.13 Å². The van der Waals surface area contributed by atoms with Crippen LogP contribution in [0.4, 0.5) is 5.13 Å². The molecule has 0 aliphatic carbocycles. The summed E-state index contributed by atoms with van der Waals surface area (Å²) in [6.45, 7) is 2.05. The lowest BCUT2D eigenvalue weighted by Crippen LogP contribution is -2.13. The third kappa shape index (κ3) is 5.06. The molecule has 1 amide bonds. The minimum Gasteiger partial charge on any atom is -0.497 e. The maximum absolute atomic E-state index is 12.4. The molecule has 6 heteroatoms. The van der Waals surface area contributed by atoms with Crippen LogP contribution in [0.15, 0.2) is 60.3 Å². The molecule has 0 radical (unpaired) electrons. The number of rotatable bonds is 6. The van der Waals surface area contributed by atoms with Crippen LogP contribution in [0, 0.1) is 18.3 Å². The monoisotopic (exact) mass is 389 g/mol. The summed E-state index contributed by atoms with van der Waals surface area (Å²) in [5.41, 5.74) is 3.16. The summed E-state index contributed by atoms with van der Waals surface area (Å²) in [5.74, 6) is 0.235. The van der Waals surface area contributed by atoms with E-state index in [0.717, 1.165) is 16.9 Å². The van der Waals surface area contributed by atoms with Gasteiger partial charge in [0.1, 0.15) is 17.4 Å². The van der Waals surface area contributed by atoms with Gasteiger partial charge in [0, 0.05) is 17.5 Å². The van der Waals surface area contributed by atoms with Gasteiger partial charge in [-0.2, -0.15) is 5.26 Å². The summed E-state index contributed by atoms with van der Waals surface area (Å²) in [5, 5.41) is 12.5. The summed E-state index contributed by atoms with van der Waals surface area (Å²) in [6.07, 6.45) is 4.04. The SMILES string of the molecule is COc1ccc(/C=C(\C#N)C(=O)Nc2ncc(Cc3ccc(C)cc3)s2)cc1. The second-order valence-electron chi connectivity index (χ2n) is 6.19. The van der Waals surface area contributed by atoms with E-state index < -0.39 is 5.91 Å². The van der Waals surface area contributed by atoms with Gasteiger partial charge < -0.3 is 4.74 Å². The fourth-order valence-corrected chi connectivity index (χ4v) is 3.38. The first-order valence-electron chi connectivity index (χ1n) is 8.65. The Morgan fingerprint density at radius 2 is 1.93 bits per heavy atom. The predicted octanol–water partition coefficient (Wildman–Crippen LogP) is 4.60. The van der Waals surface area contributed by atoms with Crippen molar-refractivity contribution in [2.75, 3.05) is 12.4 Å². The molecule has 0 saturated carbocycles. The number of benzene rings is 2. The van der Waals surface area contributed by atoms with E-state index in [2.05, 4.69) is 41.5 Å². The summed E-state index contributed by atoms with van der Waals surface area (Å²) in [7, 11) is 1.58. The third-order valence-electron chi connectivity index (χ3n) is 4.06. The number of ether oxygens (including phenoxy) is 1. The van der Waals surface area contributed by atoms with E-state index in [1.807, 2.05) is 6.07 Å². The van der Waals surface area contributed by atoms with Gasteiger partial charge in [0.05, 0.1) is 7.11 Å². The van der Waals surface area contributed by atoms with Crippen molar-refractivity contribution in [1.82, 2.24) is 4.98 Å². The molecular formula is C22H19N3O2S. The quantitative estimate of drug-likeness (QED) is 0.494. The molecule has 0 fully saturated rings. The molecule has 2 aromatic carbocycles. The van der Waals surface area contributed by atoms with Gasteiger partial charge in [-0.15, -0.1) is 11.3 Å². The van der Waals surface area contributed by atoms with Crippen molar-refractivity contribution in [1.29, 1.82) is 5.26 Å². The van der Waals surface area contributed by atoms with Crippen molar-refractivity contribution in [3.63, 3.8) is 0 Å². The van der Waals surface area contributed by atoms with E-state index in [4.69, 9.17) is 4.74 Å². The number of carbonyl (C=O) groups excluding carboxylic acids is 1. The molecule has 1 N–H and O–H groups in total. The van der Waals surface area contributed by atoms with Crippen LogP contribution in [-0.2, 0) is 11.2 Å². The number of anilines is 1. The normalized spacial score (nSPS) is 11.0. The van der Waals surface area contributed by atoms with Gasteiger partial charge >= 0.3 is 0 Å².